The molecular weight excluding hydrogens is 423 g/mol. The molecule has 0 saturated carbocycles. The number of likely N-dealkylation sites (tertiary alicyclic amines) is 1. The highest BCUT2D eigenvalue weighted by atomic mass is 19.1. The van der Waals surface area contributed by atoms with Crippen LogP contribution in [0.25, 0.3) is 11.2 Å². The lowest BCUT2D eigenvalue weighted by atomic mass is 10.0. The number of carbonyl (C=O) groups is 1. The van der Waals surface area contributed by atoms with Gasteiger partial charge in [0.1, 0.15) is 11.5 Å². The lowest BCUT2D eigenvalue weighted by Crippen LogP contribution is -2.43. The van der Waals surface area contributed by atoms with Gasteiger partial charge in [-0.25, -0.2) is 14.2 Å². The summed E-state index contributed by atoms with van der Waals surface area (Å²) in [5, 5.41) is 4.28. The van der Waals surface area contributed by atoms with E-state index in [0.29, 0.717) is 35.5 Å². The number of aromatic nitrogens is 5. The molecule has 170 valence electrons. The van der Waals surface area contributed by atoms with E-state index in [9.17, 15) is 14.0 Å². The summed E-state index contributed by atoms with van der Waals surface area (Å²) in [4.78, 5) is 33.0. The quantitative estimate of drug-likeness (QED) is 0.481. The first-order valence-corrected chi connectivity index (χ1v) is 11.0. The van der Waals surface area contributed by atoms with Crippen LogP contribution in [-0.2, 0) is 13.6 Å². The van der Waals surface area contributed by atoms with Crippen LogP contribution in [0, 0.1) is 12.7 Å². The van der Waals surface area contributed by atoms with Crippen molar-refractivity contribution in [2.24, 2.45) is 7.05 Å². The summed E-state index contributed by atoms with van der Waals surface area (Å²) in [7, 11) is 1.76. The zero-order valence-electron chi connectivity index (χ0n) is 18.6. The van der Waals surface area contributed by atoms with Gasteiger partial charge in [-0.1, -0.05) is 12.1 Å². The number of nitrogens with zero attached hydrogens (tertiary/aromatic N) is 6. The number of piperidine rings is 1. The van der Waals surface area contributed by atoms with Gasteiger partial charge >= 0.3 is 5.69 Å². The van der Waals surface area contributed by atoms with Crippen LogP contribution in [0.1, 0.15) is 40.6 Å². The lowest BCUT2D eigenvalue weighted by molar-refractivity contribution is 0.0668. The van der Waals surface area contributed by atoms with Crippen LogP contribution in [0.5, 0.6) is 0 Å². The van der Waals surface area contributed by atoms with E-state index in [2.05, 4.69) is 10.1 Å². The van der Waals surface area contributed by atoms with Crippen molar-refractivity contribution < 1.29 is 9.18 Å². The van der Waals surface area contributed by atoms with Gasteiger partial charge in [-0.3, -0.25) is 18.6 Å². The average molecular weight is 449 g/mol. The van der Waals surface area contributed by atoms with E-state index in [-0.39, 0.29) is 30.0 Å². The van der Waals surface area contributed by atoms with Crippen molar-refractivity contribution in [2.45, 2.75) is 32.4 Å². The molecule has 1 amide bonds. The monoisotopic (exact) mass is 448 g/mol. The Morgan fingerprint density at radius 1 is 1.21 bits per heavy atom. The van der Waals surface area contributed by atoms with Crippen LogP contribution in [0.3, 0.4) is 0 Å². The first kappa shape index (κ1) is 21.1. The number of aryl methyl sites for hydroxylation is 2. The van der Waals surface area contributed by atoms with Crippen molar-refractivity contribution in [3.8, 4) is 0 Å². The Labute approximate surface area is 189 Å². The third kappa shape index (κ3) is 3.83. The van der Waals surface area contributed by atoms with Crippen LogP contribution in [0.15, 0.2) is 53.5 Å². The number of fused-ring (bicyclic) bond motifs is 1. The van der Waals surface area contributed by atoms with Crippen molar-refractivity contribution in [1.29, 1.82) is 0 Å². The number of pyridine rings is 1. The van der Waals surface area contributed by atoms with E-state index in [4.69, 9.17) is 0 Å². The van der Waals surface area contributed by atoms with Gasteiger partial charge in [0.05, 0.1) is 23.8 Å². The summed E-state index contributed by atoms with van der Waals surface area (Å²) < 4.78 is 18.6. The maximum absolute atomic E-state index is 13.7. The zero-order valence-corrected chi connectivity index (χ0v) is 18.6. The zero-order chi connectivity index (χ0) is 23.1. The number of hydrogen-bond acceptors (Lipinski definition) is 4. The Bertz CT molecular complexity index is 1400. The molecule has 1 aliphatic rings. The molecule has 1 aliphatic heterocycles. The minimum atomic E-state index is -0.339. The molecule has 5 rings (SSSR count). The predicted octanol–water partition coefficient (Wildman–Crippen LogP) is 2.90. The Balaban J connectivity index is 1.50. The molecule has 0 bridgehead atoms. The minimum absolute atomic E-state index is 0.0905. The van der Waals surface area contributed by atoms with E-state index in [1.807, 2.05) is 13.0 Å². The van der Waals surface area contributed by atoms with Gasteiger partial charge in [-0.15, -0.1) is 0 Å². The highest BCUT2D eigenvalue weighted by Gasteiger charge is 2.30. The summed E-state index contributed by atoms with van der Waals surface area (Å²) in [6.07, 6.45) is 3.21. The maximum atomic E-state index is 13.7. The number of benzene rings is 1. The van der Waals surface area contributed by atoms with Crippen molar-refractivity contribution in [2.75, 3.05) is 13.1 Å². The molecule has 0 aliphatic carbocycles. The van der Waals surface area contributed by atoms with Crippen molar-refractivity contribution in [3.63, 3.8) is 0 Å². The molecule has 4 heterocycles. The first-order chi connectivity index (χ1) is 15.9. The normalized spacial score (nSPS) is 16.5. The fraction of sp³-hybridized carbons (Fsp3) is 0.333. The minimum Gasteiger partial charge on any atom is -0.335 e. The molecule has 4 aromatic rings. The average Bonchev–Trinajstić information content (AvgIpc) is 3.29. The van der Waals surface area contributed by atoms with Gasteiger partial charge in [0.15, 0.2) is 5.65 Å². The molecule has 8 nitrogen and oxygen atoms in total. The second-order valence-electron chi connectivity index (χ2n) is 8.56. The Hall–Kier alpha value is -3.75. The van der Waals surface area contributed by atoms with Gasteiger partial charge in [0.25, 0.3) is 5.91 Å². The standard InChI is InChI=1S/C24H25FN6O2/c1-16-12-21(28(2)27-16)23(32)29-11-5-8-19(15-29)31-22-20(9-4-10-26-22)30(24(31)33)14-17-6-3-7-18(25)13-17/h3-4,6-7,9-10,12-13,19H,5,8,11,14-15H2,1-2H3/t19-/m0/s1. The summed E-state index contributed by atoms with van der Waals surface area (Å²) in [5.74, 6) is -0.429. The highest BCUT2D eigenvalue weighted by molar-refractivity contribution is 5.92. The van der Waals surface area contributed by atoms with Crippen LogP contribution in [0.4, 0.5) is 4.39 Å². The highest BCUT2D eigenvalue weighted by Crippen LogP contribution is 2.25. The van der Waals surface area contributed by atoms with E-state index < -0.39 is 0 Å². The SMILES string of the molecule is Cc1cc(C(=O)N2CCC[C@H](n3c(=O)n(Cc4cccc(F)c4)c4cccnc43)C2)n(C)n1. The number of rotatable bonds is 4. The van der Waals surface area contributed by atoms with E-state index in [0.717, 1.165) is 18.5 Å². The molecule has 3 aromatic heterocycles. The van der Waals surface area contributed by atoms with Gasteiger partial charge in [0, 0.05) is 26.3 Å². The number of amides is 1. The number of imidazole rings is 1. The van der Waals surface area contributed by atoms with Gasteiger partial charge in [-0.05, 0) is 55.7 Å². The third-order valence-corrected chi connectivity index (χ3v) is 6.22. The molecular formula is C24H25FN6O2. The maximum Gasteiger partial charge on any atom is 0.330 e. The van der Waals surface area contributed by atoms with Crippen LogP contribution in [0.2, 0.25) is 0 Å². The third-order valence-electron chi connectivity index (χ3n) is 6.22. The number of carbonyl (C=O) groups excluding carboxylic acids is 1. The molecule has 0 radical (unpaired) electrons. The lowest BCUT2D eigenvalue weighted by Gasteiger charge is -2.33. The smallest absolute Gasteiger partial charge is 0.330 e. The summed E-state index contributed by atoms with van der Waals surface area (Å²) >= 11 is 0. The summed E-state index contributed by atoms with van der Waals surface area (Å²) in [5.41, 5.74) is 3.09. The molecule has 1 aromatic carbocycles. The van der Waals surface area contributed by atoms with Crippen LogP contribution < -0.4 is 5.69 Å². The molecule has 0 N–H and O–H groups in total. The van der Waals surface area contributed by atoms with Crippen molar-refractivity contribution in [1.82, 2.24) is 28.8 Å². The largest absolute Gasteiger partial charge is 0.335 e. The summed E-state index contributed by atoms with van der Waals surface area (Å²) in [6.45, 7) is 3.15. The second-order valence-corrected chi connectivity index (χ2v) is 8.56. The summed E-state index contributed by atoms with van der Waals surface area (Å²) in [6, 6.07) is 11.5. The Kier molecular flexibility index (Phi) is 5.32. The molecule has 1 saturated heterocycles. The van der Waals surface area contributed by atoms with Crippen LogP contribution in [-0.4, -0.2) is 47.8 Å². The van der Waals surface area contributed by atoms with Crippen molar-refractivity contribution >= 4 is 17.1 Å². The number of hydrogen-bond donors (Lipinski definition) is 0. The van der Waals surface area contributed by atoms with Crippen LogP contribution >= 0.6 is 0 Å². The van der Waals surface area contributed by atoms with Gasteiger partial charge in [-0.2, -0.15) is 5.10 Å². The van der Waals surface area contributed by atoms with E-state index >= 15 is 0 Å². The Morgan fingerprint density at radius 3 is 2.82 bits per heavy atom. The molecule has 1 atom stereocenters. The first-order valence-electron chi connectivity index (χ1n) is 11.0. The molecule has 1 fully saturated rings. The van der Waals surface area contributed by atoms with Gasteiger partial charge in [0.2, 0.25) is 0 Å². The Morgan fingerprint density at radius 2 is 2.06 bits per heavy atom. The topological polar surface area (TPSA) is 78.0 Å². The fourth-order valence-corrected chi connectivity index (χ4v) is 4.73. The fourth-order valence-electron chi connectivity index (χ4n) is 4.73. The van der Waals surface area contributed by atoms with Gasteiger partial charge < -0.3 is 4.90 Å². The second kappa shape index (κ2) is 8.31. The van der Waals surface area contributed by atoms with E-state index in [1.165, 1.54) is 12.1 Å². The van der Waals surface area contributed by atoms with Crippen molar-refractivity contribution in [3.05, 3.63) is 81.9 Å². The number of halogens is 1. The molecule has 0 spiro atoms. The predicted molar refractivity (Wildman–Crippen MR) is 122 cm³/mol. The molecule has 9 heteroatoms. The molecule has 0 unspecified atom stereocenters. The van der Waals surface area contributed by atoms with E-state index in [1.54, 1.807) is 56.2 Å². The molecule has 33 heavy (non-hydrogen) atoms.